The topological polar surface area (TPSA) is 39.2 Å². The van der Waals surface area contributed by atoms with Crippen molar-refractivity contribution in [3.05, 3.63) is 23.4 Å². The van der Waals surface area contributed by atoms with E-state index in [9.17, 15) is 4.79 Å². The summed E-state index contributed by atoms with van der Waals surface area (Å²) < 4.78 is 5.19. The molecule has 0 atom stereocenters. The van der Waals surface area contributed by atoms with Gasteiger partial charge in [-0.25, -0.2) is 4.98 Å². The van der Waals surface area contributed by atoms with Gasteiger partial charge in [-0.05, 0) is 6.07 Å². The first-order chi connectivity index (χ1) is 5.79. The van der Waals surface area contributed by atoms with Crippen LogP contribution in [0.2, 0.25) is 0 Å². The van der Waals surface area contributed by atoms with Gasteiger partial charge >= 0.3 is 29.6 Å². The number of hydrogen-bond donors (Lipinski definition) is 1. The van der Waals surface area contributed by atoms with Gasteiger partial charge in [-0.15, -0.1) is 12.6 Å². The van der Waals surface area contributed by atoms with Gasteiger partial charge in [0.15, 0.2) is 0 Å². The van der Waals surface area contributed by atoms with E-state index in [0.29, 0.717) is 18.1 Å². The van der Waals surface area contributed by atoms with Gasteiger partial charge in [0, 0.05) is 23.7 Å². The molecule has 0 radical (unpaired) electrons. The van der Waals surface area contributed by atoms with Crippen LogP contribution in [0.5, 0.6) is 5.88 Å². The summed E-state index contributed by atoms with van der Waals surface area (Å²) in [6.07, 6.45) is 2.32. The van der Waals surface area contributed by atoms with Crippen molar-refractivity contribution < 1.29 is 9.53 Å². The molecule has 5 heteroatoms. The number of carbonyl (C=O) groups is 1. The average Bonchev–Trinajstić information content (AvgIpc) is 2.49. The van der Waals surface area contributed by atoms with Crippen LogP contribution < -0.4 is 4.74 Å². The van der Waals surface area contributed by atoms with Crippen molar-refractivity contribution in [3.8, 4) is 5.88 Å². The fourth-order valence-corrected chi connectivity index (χ4v) is 1.50. The number of rotatable bonds is 1. The van der Waals surface area contributed by atoms with E-state index in [1.54, 1.807) is 12.3 Å². The maximum atomic E-state index is 11.0. The van der Waals surface area contributed by atoms with Gasteiger partial charge in [-0.3, -0.25) is 4.79 Å². The van der Waals surface area contributed by atoms with Crippen molar-refractivity contribution in [2.75, 3.05) is 6.61 Å². The van der Waals surface area contributed by atoms with Crippen LogP contribution in [-0.2, 0) is 6.42 Å². The van der Waals surface area contributed by atoms with Crippen molar-refractivity contribution in [3.63, 3.8) is 0 Å². The first kappa shape index (κ1) is 11.0. The van der Waals surface area contributed by atoms with E-state index in [-0.39, 0.29) is 34.7 Å². The summed E-state index contributed by atoms with van der Waals surface area (Å²) in [5, 5.41) is -0.223. The van der Waals surface area contributed by atoms with E-state index in [4.69, 9.17) is 4.74 Å². The van der Waals surface area contributed by atoms with Gasteiger partial charge in [-0.2, -0.15) is 0 Å². The zero-order valence-corrected chi connectivity index (χ0v) is 7.17. The normalized spacial score (nSPS) is 12.7. The molecule has 0 amide bonds. The molecule has 0 saturated carbocycles. The zero-order chi connectivity index (χ0) is 8.55. The summed E-state index contributed by atoms with van der Waals surface area (Å²) in [6, 6.07) is 1.67. The van der Waals surface area contributed by atoms with E-state index in [0.717, 1.165) is 12.0 Å². The van der Waals surface area contributed by atoms with Crippen LogP contribution >= 0.6 is 12.6 Å². The summed E-state index contributed by atoms with van der Waals surface area (Å²) in [7, 11) is 0. The van der Waals surface area contributed by atoms with Crippen LogP contribution in [0.4, 0.5) is 0 Å². The number of hydrogen-bond acceptors (Lipinski definition) is 3. The van der Waals surface area contributed by atoms with Gasteiger partial charge in [0.1, 0.15) is 0 Å². The number of pyridine rings is 1. The molecule has 1 aromatic heterocycles. The standard InChI is InChI=1S/C8H7NO2S.Na.H/c10-8(12)6-1-3-9-7-5(6)2-4-11-7;;/h1,3H,2,4H2,(H,10,12);;. The van der Waals surface area contributed by atoms with Crippen LogP contribution in [0, 0.1) is 0 Å². The molecule has 3 nitrogen and oxygen atoms in total. The molecule has 0 aliphatic carbocycles. The van der Waals surface area contributed by atoms with Crippen molar-refractivity contribution >= 4 is 47.3 Å². The molecule has 2 heterocycles. The molecule has 64 valence electrons. The fraction of sp³-hybridized carbons (Fsp3) is 0.250. The van der Waals surface area contributed by atoms with E-state index in [1.165, 1.54) is 0 Å². The molecule has 0 spiro atoms. The Morgan fingerprint density at radius 1 is 1.62 bits per heavy atom. The Kier molecular flexibility index (Phi) is 3.79. The van der Waals surface area contributed by atoms with E-state index in [2.05, 4.69) is 17.6 Å². The second-order valence-electron chi connectivity index (χ2n) is 2.55. The predicted molar refractivity (Wildman–Crippen MR) is 53.9 cm³/mol. The SMILES string of the molecule is O=C(S)c1ccnc2c1CCO2.[NaH]. The van der Waals surface area contributed by atoms with E-state index in [1.807, 2.05) is 0 Å². The average molecular weight is 205 g/mol. The number of fused-ring (bicyclic) bond motifs is 1. The van der Waals surface area contributed by atoms with Crippen molar-refractivity contribution in [1.82, 2.24) is 4.98 Å². The molecule has 0 unspecified atom stereocenters. The number of carbonyl (C=O) groups excluding carboxylic acids is 1. The number of nitrogens with zero attached hydrogens (tertiary/aromatic N) is 1. The Morgan fingerprint density at radius 3 is 3.08 bits per heavy atom. The van der Waals surface area contributed by atoms with Crippen molar-refractivity contribution in [1.29, 1.82) is 0 Å². The summed E-state index contributed by atoms with van der Waals surface area (Å²) in [5.74, 6) is 0.579. The first-order valence-corrected chi connectivity index (χ1v) is 4.08. The molecule has 13 heavy (non-hydrogen) atoms. The van der Waals surface area contributed by atoms with Crippen LogP contribution in [0.1, 0.15) is 15.9 Å². The fourth-order valence-electron chi connectivity index (χ4n) is 1.29. The number of thiol groups is 1. The Labute approximate surface area is 104 Å². The minimum absolute atomic E-state index is 0. The quantitative estimate of drug-likeness (QED) is 0.534. The summed E-state index contributed by atoms with van der Waals surface area (Å²) >= 11 is 3.76. The first-order valence-electron chi connectivity index (χ1n) is 3.63. The Hall–Kier alpha value is -0.0300. The summed E-state index contributed by atoms with van der Waals surface area (Å²) in [4.78, 5) is 15.0. The molecule has 1 aliphatic heterocycles. The monoisotopic (exact) mass is 205 g/mol. The molecule has 0 saturated heterocycles. The van der Waals surface area contributed by atoms with Gasteiger partial charge in [-0.1, -0.05) is 0 Å². The molecule has 0 bridgehead atoms. The molecule has 0 N–H and O–H groups in total. The van der Waals surface area contributed by atoms with E-state index >= 15 is 0 Å². The Morgan fingerprint density at radius 2 is 2.38 bits per heavy atom. The number of ether oxygens (including phenoxy) is 1. The predicted octanol–water partition coefficient (Wildman–Crippen LogP) is 0.438. The van der Waals surface area contributed by atoms with Crippen LogP contribution in [0.15, 0.2) is 12.3 Å². The van der Waals surface area contributed by atoms with Gasteiger partial charge in [0.2, 0.25) is 11.0 Å². The molecule has 1 aliphatic rings. The molecule has 1 aromatic rings. The second kappa shape index (κ2) is 4.46. The van der Waals surface area contributed by atoms with Gasteiger partial charge in [0.05, 0.1) is 6.61 Å². The van der Waals surface area contributed by atoms with Crippen LogP contribution in [0.3, 0.4) is 0 Å². The second-order valence-corrected chi connectivity index (χ2v) is 2.95. The van der Waals surface area contributed by atoms with E-state index < -0.39 is 0 Å². The molecule has 0 aromatic carbocycles. The maximum absolute atomic E-state index is 11.0. The summed E-state index contributed by atoms with van der Waals surface area (Å²) in [5.41, 5.74) is 1.50. The van der Waals surface area contributed by atoms with Gasteiger partial charge < -0.3 is 4.74 Å². The van der Waals surface area contributed by atoms with Crippen molar-refractivity contribution in [2.45, 2.75) is 6.42 Å². The zero-order valence-electron chi connectivity index (χ0n) is 6.28. The molecule has 0 fully saturated rings. The third-order valence-corrected chi connectivity index (χ3v) is 2.08. The molecule has 2 rings (SSSR count). The summed E-state index contributed by atoms with van der Waals surface area (Å²) in [6.45, 7) is 0.612. The van der Waals surface area contributed by atoms with Crippen LogP contribution in [-0.4, -0.2) is 46.3 Å². The molecular weight excluding hydrogens is 197 g/mol. The Balaban J connectivity index is 0.000000845. The van der Waals surface area contributed by atoms with Crippen LogP contribution in [0.25, 0.3) is 0 Å². The minimum atomic E-state index is -0.223. The third kappa shape index (κ3) is 2.07. The molecular formula is C8H8NNaO2S. The Bertz CT molecular complexity index is 343. The number of aromatic nitrogens is 1. The third-order valence-electron chi connectivity index (χ3n) is 1.84. The van der Waals surface area contributed by atoms with Crippen molar-refractivity contribution in [2.24, 2.45) is 0 Å². The van der Waals surface area contributed by atoms with Gasteiger partial charge in [0.25, 0.3) is 0 Å².